The van der Waals surface area contributed by atoms with Gasteiger partial charge in [-0.05, 0) is 24.5 Å². The number of aliphatic hydroxyl groups is 1. The average Bonchev–Trinajstić information content (AvgIpc) is 2.87. The Labute approximate surface area is 124 Å². The molecule has 0 radical (unpaired) electrons. The Morgan fingerprint density at radius 3 is 2.95 bits per heavy atom. The minimum atomic E-state index is -0.0180. The van der Waals surface area contributed by atoms with Crippen molar-refractivity contribution in [1.82, 2.24) is 20.3 Å². The summed E-state index contributed by atoms with van der Waals surface area (Å²) in [6, 6.07) is 3.77. The van der Waals surface area contributed by atoms with E-state index in [1.807, 2.05) is 26.0 Å². The van der Waals surface area contributed by atoms with Gasteiger partial charge in [-0.25, -0.2) is 9.97 Å². The van der Waals surface area contributed by atoms with Crippen molar-refractivity contribution in [2.45, 2.75) is 39.2 Å². The van der Waals surface area contributed by atoms with Gasteiger partial charge < -0.3 is 15.4 Å². The van der Waals surface area contributed by atoms with Crippen molar-refractivity contribution >= 4 is 17.1 Å². The second-order valence-electron chi connectivity index (χ2n) is 5.49. The molecule has 114 valence electrons. The number of fused-ring (bicyclic) bond motifs is 1. The number of pyridine rings is 1. The van der Waals surface area contributed by atoms with Gasteiger partial charge in [-0.2, -0.15) is 0 Å². The van der Waals surface area contributed by atoms with E-state index in [9.17, 15) is 4.79 Å². The lowest BCUT2D eigenvalue weighted by molar-refractivity contribution is -0.122. The smallest absolute Gasteiger partial charge is 0.220 e. The number of carbonyl (C=O) groups is 1. The topological polar surface area (TPSA) is 90.9 Å². The number of rotatable bonds is 7. The molecule has 1 atom stereocenters. The summed E-state index contributed by atoms with van der Waals surface area (Å²) in [7, 11) is 0. The Morgan fingerprint density at radius 2 is 2.29 bits per heavy atom. The first-order valence-corrected chi connectivity index (χ1v) is 7.30. The van der Waals surface area contributed by atoms with E-state index in [0.29, 0.717) is 30.8 Å². The lowest BCUT2D eigenvalue weighted by Gasteiger charge is -2.21. The number of amides is 1. The van der Waals surface area contributed by atoms with Crippen molar-refractivity contribution in [3.05, 3.63) is 24.2 Å². The molecule has 6 heteroatoms. The van der Waals surface area contributed by atoms with Crippen LogP contribution in [0, 0.1) is 5.92 Å². The quantitative estimate of drug-likeness (QED) is 0.719. The van der Waals surface area contributed by atoms with Crippen molar-refractivity contribution in [2.24, 2.45) is 5.92 Å². The van der Waals surface area contributed by atoms with Gasteiger partial charge in [0.25, 0.3) is 0 Å². The van der Waals surface area contributed by atoms with Gasteiger partial charge in [-0.1, -0.05) is 13.8 Å². The summed E-state index contributed by atoms with van der Waals surface area (Å²) in [5, 5.41) is 12.0. The van der Waals surface area contributed by atoms with Gasteiger partial charge in [-0.15, -0.1) is 0 Å². The standard InChI is InChI=1S/C15H22N4O2/c1-10(2)11(7-9-20)18-14(21)6-5-13-17-12-4-3-8-16-15(12)19-13/h3-4,8,10-11,20H,5-7,9H2,1-2H3,(H,18,21)(H,16,17,19). The fourth-order valence-corrected chi connectivity index (χ4v) is 2.24. The highest BCUT2D eigenvalue weighted by Gasteiger charge is 2.15. The Balaban J connectivity index is 1.88. The summed E-state index contributed by atoms with van der Waals surface area (Å²) >= 11 is 0. The van der Waals surface area contributed by atoms with Crippen LogP contribution in [0.15, 0.2) is 18.3 Å². The normalized spacial score (nSPS) is 12.8. The summed E-state index contributed by atoms with van der Waals surface area (Å²) in [6.45, 7) is 4.15. The van der Waals surface area contributed by atoms with Gasteiger partial charge in [0.1, 0.15) is 5.82 Å². The van der Waals surface area contributed by atoms with E-state index in [0.717, 1.165) is 11.3 Å². The van der Waals surface area contributed by atoms with Crippen LogP contribution >= 0.6 is 0 Å². The lowest BCUT2D eigenvalue weighted by atomic mass is 10.0. The molecule has 1 amide bonds. The maximum atomic E-state index is 12.0. The second kappa shape index (κ2) is 7.17. The molecule has 0 aliphatic carbocycles. The highest BCUT2D eigenvalue weighted by atomic mass is 16.3. The summed E-state index contributed by atoms with van der Waals surface area (Å²) in [4.78, 5) is 23.6. The molecular weight excluding hydrogens is 268 g/mol. The van der Waals surface area contributed by atoms with E-state index < -0.39 is 0 Å². The first kappa shape index (κ1) is 15.4. The van der Waals surface area contributed by atoms with Gasteiger partial charge in [0.05, 0.1) is 5.52 Å². The summed E-state index contributed by atoms with van der Waals surface area (Å²) in [5.41, 5.74) is 1.56. The van der Waals surface area contributed by atoms with Gasteiger partial charge in [0.2, 0.25) is 5.91 Å². The number of nitrogens with zero attached hydrogens (tertiary/aromatic N) is 2. The Hall–Kier alpha value is -1.95. The molecule has 1 unspecified atom stereocenters. The number of aromatic nitrogens is 3. The monoisotopic (exact) mass is 290 g/mol. The molecule has 2 heterocycles. The number of H-pyrrole nitrogens is 1. The molecular formula is C15H22N4O2. The van der Waals surface area contributed by atoms with Crippen LogP contribution < -0.4 is 5.32 Å². The molecule has 0 spiro atoms. The van der Waals surface area contributed by atoms with Crippen LogP contribution in [-0.4, -0.2) is 38.6 Å². The highest BCUT2D eigenvalue weighted by molar-refractivity contribution is 5.76. The minimum absolute atomic E-state index is 0.0137. The summed E-state index contributed by atoms with van der Waals surface area (Å²) in [6.07, 6.45) is 3.19. The Morgan fingerprint density at radius 1 is 1.48 bits per heavy atom. The molecule has 21 heavy (non-hydrogen) atoms. The van der Waals surface area contributed by atoms with Crippen LogP contribution in [0.4, 0.5) is 0 Å². The largest absolute Gasteiger partial charge is 0.396 e. The van der Waals surface area contributed by atoms with Gasteiger partial charge in [0, 0.05) is 31.7 Å². The molecule has 0 saturated heterocycles. The van der Waals surface area contributed by atoms with Crippen molar-refractivity contribution < 1.29 is 9.90 Å². The van der Waals surface area contributed by atoms with Gasteiger partial charge >= 0.3 is 0 Å². The second-order valence-corrected chi connectivity index (χ2v) is 5.49. The van der Waals surface area contributed by atoms with Crippen LogP contribution in [0.3, 0.4) is 0 Å². The summed E-state index contributed by atoms with van der Waals surface area (Å²) in [5.74, 6) is 1.05. The van der Waals surface area contributed by atoms with Crippen LogP contribution in [-0.2, 0) is 11.2 Å². The zero-order chi connectivity index (χ0) is 15.2. The number of aryl methyl sites for hydroxylation is 1. The number of hydrogen-bond acceptors (Lipinski definition) is 4. The van der Waals surface area contributed by atoms with Crippen molar-refractivity contribution in [3.8, 4) is 0 Å². The van der Waals surface area contributed by atoms with E-state index in [1.54, 1.807) is 6.20 Å². The number of aromatic amines is 1. The minimum Gasteiger partial charge on any atom is -0.396 e. The first-order chi connectivity index (χ1) is 10.1. The zero-order valence-electron chi connectivity index (χ0n) is 12.5. The average molecular weight is 290 g/mol. The van der Waals surface area contributed by atoms with Crippen molar-refractivity contribution in [2.75, 3.05) is 6.61 Å². The van der Waals surface area contributed by atoms with E-state index in [4.69, 9.17) is 5.11 Å². The van der Waals surface area contributed by atoms with E-state index in [1.165, 1.54) is 0 Å². The molecule has 0 saturated carbocycles. The third kappa shape index (κ3) is 4.26. The van der Waals surface area contributed by atoms with Crippen molar-refractivity contribution in [1.29, 1.82) is 0 Å². The molecule has 0 aliphatic rings. The molecule has 0 aromatic carbocycles. The Kier molecular flexibility index (Phi) is 5.27. The third-order valence-electron chi connectivity index (χ3n) is 3.49. The fourth-order valence-electron chi connectivity index (χ4n) is 2.24. The number of hydrogen-bond donors (Lipinski definition) is 3. The Bertz CT molecular complexity index is 561. The highest BCUT2D eigenvalue weighted by Crippen LogP contribution is 2.10. The van der Waals surface area contributed by atoms with Crippen LogP contribution in [0.5, 0.6) is 0 Å². The molecule has 0 aliphatic heterocycles. The first-order valence-electron chi connectivity index (χ1n) is 7.30. The van der Waals surface area contributed by atoms with Crippen LogP contribution in [0.25, 0.3) is 11.2 Å². The number of nitrogens with one attached hydrogen (secondary N) is 2. The maximum absolute atomic E-state index is 12.0. The number of carbonyl (C=O) groups excluding carboxylic acids is 1. The predicted octanol–water partition coefficient (Wildman–Crippen LogP) is 1.41. The zero-order valence-corrected chi connectivity index (χ0v) is 12.5. The SMILES string of the molecule is CC(C)C(CCO)NC(=O)CCc1nc2ncccc2[nH]1. The third-order valence-corrected chi connectivity index (χ3v) is 3.49. The van der Waals surface area contributed by atoms with Gasteiger partial charge in [-0.3, -0.25) is 4.79 Å². The molecule has 2 rings (SSSR count). The summed E-state index contributed by atoms with van der Waals surface area (Å²) < 4.78 is 0. The van der Waals surface area contributed by atoms with Crippen LogP contribution in [0.2, 0.25) is 0 Å². The number of aliphatic hydroxyl groups excluding tert-OH is 1. The number of imidazole rings is 1. The molecule has 6 nitrogen and oxygen atoms in total. The fraction of sp³-hybridized carbons (Fsp3) is 0.533. The maximum Gasteiger partial charge on any atom is 0.220 e. The van der Waals surface area contributed by atoms with E-state index in [-0.39, 0.29) is 18.6 Å². The molecule has 2 aromatic heterocycles. The lowest BCUT2D eigenvalue weighted by Crippen LogP contribution is -2.39. The van der Waals surface area contributed by atoms with Crippen LogP contribution in [0.1, 0.15) is 32.5 Å². The molecule has 0 bridgehead atoms. The molecule has 3 N–H and O–H groups in total. The molecule has 2 aromatic rings. The van der Waals surface area contributed by atoms with E-state index >= 15 is 0 Å². The van der Waals surface area contributed by atoms with Gasteiger partial charge in [0.15, 0.2) is 5.65 Å². The van der Waals surface area contributed by atoms with Crippen molar-refractivity contribution in [3.63, 3.8) is 0 Å². The predicted molar refractivity (Wildman–Crippen MR) is 80.7 cm³/mol. The van der Waals surface area contributed by atoms with E-state index in [2.05, 4.69) is 20.3 Å². The molecule has 0 fully saturated rings.